The van der Waals surface area contributed by atoms with E-state index in [9.17, 15) is 9.59 Å². The number of ether oxygens (including phenoxy) is 2. The van der Waals surface area contributed by atoms with Crippen molar-refractivity contribution in [3.05, 3.63) is 72.1 Å². The number of hydrogen-bond acceptors (Lipinski definition) is 5. The Hall–Kier alpha value is -3.61. The van der Waals surface area contributed by atoms with Crippen LogP contribution in [0.15, 0.2) is 60.8 Å². The Labute approximate surface area is 169 Å². The van der Waals surface area contributed by atoms with Crippen LogP contribution in [0.25, 0.3) is 5.69 Å². The Balaban J connectivity index is 1.67. The van der Waals surface area contributed by atoms with E-state index < -0.39 is 18.5 Å². The molecule has 0 bridgehead atoms. The summed E-state index contributed by atoms with van der Waals surface area (Å²) in [5.74, 6) is -0.638. The minimum absolute atomic E-state index is 0.00623. The fourth-order valence-electron chi connectivity index (χ4n) is 2.86. The predicted octanol–water partition coefficient (Wildman–Crippen LogP) is 3.80. The molecule has 1 aromatic heterocycles. The second-order valence-corrected chi connectivity index (χ2v) is 6.69. The third-order valence-electron chi connectivity index (χ3n) is 4.31. The van der Waals surface area contributed by atoms with Gasteiger partial charge in [-0.3, -0.25) is 4.79 Å². The molecule has 1 heterocycles. The summed E-state index contributed by atoms with van der Waals surface area (Å²) in [5.41, 5.74) is 2.49. The fraction of sp³-hybridized carbons (Fsp3) is 0.227. The molecular weight excluding hydrogens is 370 g/mol. The second-order valence-electron chi connectivity index (χ2n) is 6.69. The molecule has 0 fully saturated rings. The molecule has 0 aliphatic rings. The Bertz CT molecular complexity index is 996. The molecule has 2 aromatic carbocycles. The van der Waals surface area contributed by atoms with Crippen LogP contribution in [-0.4, -0.2) is 35.4 Å². The highest BCUT2D eigenvalue weighted by Gasteiger charge is 2.21. The summed E-state index contributed by atoms with van der Waals surface area (Å²) in [7, 11) is 1.44. The van der Waals surface area contributed by atoms with Crippen molar-refractivity contribution in [2.24, 2.45) is 0 Å². The lowest BCUT2D eigenvalue weighted by molar-refractivity contribution is -0.119. The van der Waals surface area contributed by atoms with Gasteiger partial charge in [0.15, 0.2) is 12.4 Å². The lowest BCUT2D eigenvalue weighted by Crippen LogP contribution is -2.22. The van der Waals surface area contributed by atoms with Gasteiger partial charge in [0.25, 0.3) is 5.91 Å². The van der Waals surface area contributed by atoms with Crippen LogP contribution >= 0.6 is 0 Å². The van der Waals surface area contributed by atoms with Crippen LogP contribution in [-0.2, 0) is 9.53 Å². The molecule has 0 saturated heterocycles. The normalized spacial score (nSPS) is 10.6. The number of anilines is 1. The topological polar surface area (TPSA) is 82.5 Å². The van der Waals surface area contributed by atoms with Crippen LogP contribution in [0, 0.1) is 0 Å². The molecular formula is C22H23N3O4. The molecule has 7 nitrogen and oxygen atoms in total. The van der Waals surface area contributed by atoms with Gasteiger partial charge in [-0.2, -0.15) is 5.10 Å². The number of benzene rings is 2. The van der Waals surface area contributed by atoms with Crippen molar-refractivity contribution in [3.63, 3.8) is 0 Å². The van der Waals surface area contributed by atoms with E-state index in [2.05, 4.69) is 10.4 Å². The van der Waals surface area contributed by atoms with Crippen LogP contribution in [0.1, 0.15) is 35.8 Å². The van der Waals surface area contributed by atoms with E-state index in [0.29, 0.717) is 5.69 Å². The molecule has 150 valence electrons. The van der Waals surface area contributed by atoms with Gasteiger partial charge in [0.2, 0.25) is 5.69 Å². The number of carbonyl (C=O) groups is 2. The minimum atomic E-state index is -0.733. The number of rotatable bonds is 7. The SMILES string of the molecule is COc1cn(-c2ccccc2)nc1C(=O)OCC(=O)Nc1ccccc1C(C)C. The average molecular weight is 393 g/mol. The minimum Gasteiger partial charge on any atom is -0.493 e. The molecule has 1 amide bonds. The molecule has 1 N–H and O–H groups in total. The monoisotopic (exact) mass is 393 g/mol. The summed E-state index contributed by atoms with van der Waals surface area (Å²) in [5, 5.41) is 7.02. The van der Waals surface area contributed by atoms with Crippen LogP contribution in [0.3, 0.4) is 0 Å². The quantitative estimate of drug-likeness (QED) is 0.618. The van der Waals surface area contributed by atoms with E-state index in [1.165, 1.54) is 11.8 Å². The van der Waals surface area contributed by atoms with Gasteiger partial charge in [-0.15, -0.1) is 0 Å². The molecule has 29 heavy (non-hydrogen) atoms. The third-order valence-corrected chi connectivity index (χ3v) is 4.31. The van der Waals surface area contributed by atoms with Crippen molar-refractivity contribution in [2.45, 2.75) is 19.8 Å². The standard InChI is InChI=1S/C22H23N3O4/c1-15(2)17-11-7-8-12-18(17)23-20(26)14-29-22(27)21-19(28-3)13-25(24-21)16-9-5-4-6-10-16/h4-13,15H,14H2,1-3H3,(H,23,26). The van der Waals surface area contributed by atoms with Crippen molar-refractivity contribution in [2.75, 3.05) is 19.0 Å². The number of para-hydroxylation sites is 2. The molecule has 0 radical (unpaired) electrons. The first-order valence-electron chi connectivity index (χ1n) is 9.24. The third kappa shape index (κ3) is 4.82. The highest BCUT2D eigenvalue weighted by molar-refractivity contribution is 5.96. The van der Waals surface area contributed by atoms with Crippen molar-refractivity contribution in [1.82, 2.24) is 9.78 Å². The number of esters is 1. The Morgan fingerprint density at radius 2 is 1.76 bits per heavy atom. The molecule has 0 aliphatic carbocycles. The summed E-state index contributed by atoms with van der Waals surface area (Å²) in [4.78, 5) is 24.7. The maximum absolute atomic E-state index is 12.4. The molecule has 3 aromatic rings. The molecule has 7 heteroatoms. The van der Waals surface area contributed by atoms with Crippen molar-refractivity contribution >= 4 is 17.6 Å². The molecule has 0 atom stereocenters. The molecule has 0 unspecified atom stereocenters. The number of methoxy groups -OCH3 is 1. The van der Waals surface area contributed by atoms with Gasteiger partial charge in [0, 0.05) is 5.69 Å². The van der Waals surface area contributed by atoms with Gasteiger partial charge in [-0.25, -0.2) is 9.48 Å². The number of aromatic nitrogens is 2. The highest BCUT2D eigenvalue weighted by atomic mass is 16.5. The fourth-order valence-corrected chi connectivity index (χ4v) is 2.86. The van der Waals surface area contributed by atoms with Gasteiger partial charge < -0.3 is 14.8 Å². The van der Waals surface area contributed by atoms with E-state index >= 15 is 0 Å². The van der Waals surface area contributed by atoms with Gasteiger partial charge in [-0.05, 0) is 29.7 Å². The first-order valence-corrected chi connectivity index (χ1v) is 9.24. The van der Waals surface area contributed by atoms with Crippen LogP contribution < -0.4 is 10.1 Å². The number of carbonyl (C=O) groups excluding carboxylic acids is 2. The van der Waals surface area contributed by atoms with Crippen molar-refractivity contribution < 1.29 is 19.1 Å². The maximum Gasteiger partial charge on any atom is 0.363 e. The zero-order valence-corrected chi connectivity index (χ0v) is 16.6. The van der Waals surface area contributed by atoms with E-state index in [-0.39, 0.29) is 17.4 Å². The summed E-state index contributed by atoms with van der Waals surface area (Å²) in [6, 6.07) is 16.8. The highest BCUT2D eigenvalue weighted by Crippen LogP contribution is 2.24. The van der Waals surface area contributed by atoms with E-state index in [1.807, 2.05) is 68.4 Å². The summed E-state index contributed by atoms with van der Waals surface area (Å²) >= 11 is 0. The van der Waals surface area contributed by atoms with E-state index in [4.69, 9.17) is 9.47 Å². The molecule has 3 rings (SSSR count). The number of hydrogen-bond donors (Lipinski definition) is 1. The van der Waals surface area contributed by atoms with Crippen LogP contribution in [0.2, 0.25) is 0 Å². The van der Waals surface area contributed by atoms with E-state index in [0.717, 1.165) is 11.3 Å². The zero-order valence-electron chi connectivity index (χ0n) is 16.6. The summed E-state index contributed by atoms with van der Waals surface area (Å²) < 4.78 is 11.9. The smallest absolute Gasteiger partial charge is 0.363 e. The zero-order chi connectivity index (χ0) is 20.8. The Morgan fingerprint density at radius 3 is 2.45 bits per heavy atom. The molecule has 0 aliphatic heterocycles. The molecule has 0 saturated carbocycles. The van der Waals surface area contributed by atoms with Gasteiger partial charge in [0.05, 0.1) is 19.0 Å². The largest absolute Gasteiger partial charge is 0.493 e. The second kappa shape index (κ2) is 9.05. The van der Waals surface area contributed by atoms with Crippen LogP contribution in [0.4, 0.5) is 5.69 Å². The van der Waals surface area contributed by atoms with Crippen molar-refractivity contribution in [1.29, 1.82) is 0 Å². The van der Waals surface area contributed by atoms with Gasteiger partial charge in [0.1, 0.15) is 0 Å². The first kappa shape index (κ1) is 20.1. The Kier molecular flexibility index (Phi) is 6.29. The van der Waals surface area contributed by atoms with Crippen molar-refractivity contribution in [3.8, 4) is 11.4 Å². The Morgan fingerprint density at radius 1 is 1.07 bits per heavy atom. The lowest BCUT2D eigenvalue weighted by atomic mass is 10.0. The number of amides is 1. The number of nitrogens with zero attached hydrogens (tertiary/aromatic N) is 2. The lowest BCUT2D eigenvalue weighted by Gasteiger charge is -2.13. The summed E-state index contributed by atoms with van der Waals surface area (Å²) in [6.07, 6.45) is 1.59. The number of nitrogens with one attached hydrogen (secondary N) is 1. The first-order chi connectivity index (χ1) is 14.0. The van der Waals surface area contributed by atoms with Crippen LogP contribution in [0.5, 0.6) is 5.75 Å². The van der Waals surface area contributed by atoms with E-state index in [1.54, 1.807) is 6.20 Å². The van der Waals surface area contributed by atoms with Gasteiger partial charge >= 0.3 is 5.97 Å². The molecule has 0 spiro atoms. The average Bonchev–Trinajstić information content (AvgIpc) is 3.17. The predicted molar refractivity (Wildman–Crippen MR) is 110 cm³/mol. The summed E-state index contributed by atoms with van der Waals surface area (Å²) in [6.45, 7) is 3.66. The van der Waals surface area contributed by atoms with Gasteiger partial charge in [-0.1, -0.05) is 50.2 Å². The maximum atomic E-state index is 12.4.